The average molecular weight is 418 g/mol. The molecule has 1 aliphatic rings. The van der Waals surface area contributed by atoms with E-state index < -0.39 is 46.1 Å². The van der Waals surface area contributed by atoms with Gasteiger partial charge >= 0.3 is 5.97 Å². The largest absolute Gasteiger partial charge is 0.455 e. The van der Waals surface area contributed by atoms with Gasteiger partial charge in [-0.1, -0.05) is 12.1 Å². The summed E-state index contributed by atoms with van der Waals surface area (Å²) in [6, 6.07) is 5.25. The van der Waals surface area contributed by atoms with Crippen LogP contribution in [0.2, 0.25) is 0 Å². The molecule has 1 aromatic carbocycles. The van der Waals surface area contributed by atoms with Gasteiger partial charge in [-0.3, -0.25) is 14.4 Å². The Bertz CT molecular complexity index is 815. The molecule has 0 unspecified atom stereocenters. The first-order valence-corrected chi connectivity index (χ1v) is 11.0. The number of carbonyl (C=O) groups is 3. The minimum atomic E-state index is -3.11. The minimum Gasteiger partial charge on any atom is -0.455 e. The van der Waals surface area contributed by atoms with Gasteiger partial charge in [-0.15, -0.1) is 11.8 Å². The van der Waals surface area contributed by atoms with Crippen LogP contribution in [0, 0.1) is 5.82 Å². The number of halogens is 1. The third-order valence-corrected chi connectivity index (χ3v) is 6.24. The molecular weight excluding hydrogens is 399 g/mol. The maximum Gasteiger partial charge on any atom is 0.316 e. The number of amides is 2. The summed E-state index contributed by atoms with van der Waals surface area (Å²) in [6.07, 6.45) is 0.342. The molecule has 0 radical (unpaired) electrons. The Morgan fingerprint density at radius 2 is 1.93 bits per heavy atom. The number of benzene rings is 1. The molecule has 1 atom stereocenters. The molecule has 0 spiro atoms. The summed E-state index contributed by atoms with van der Waals surface area (Å²) < 4.78 is 40.8. The number of hydrogen-bond acceptors (Lipinski definition) is 7. The molecule has 8 nitrogen and oxygen atoms in total. The Hall–Kier alpha value is -2.14. The van der Waals surface area contributed by atoms with Crippen LogP contribution in [0.1, 0.15) is 6.42 Å². The smallest absolute Gasteiger partial charge is 0.316 e. The van der Waals surface area contributed by atoms with Crippen LogP contribution < -0.4 is 10.6 Å². The standard InChI is InChI=1S/C16H19FN2O6S2/c17-12-3-1-2-4-13(12)19-15(21)8-26-9-16(22)25-7-14(20)18-11-5-6-27(23,24)10-11/h1-4,11H,5-10H2,(H,18,20)(H,19,21)/t11-/m1/s1. The third-order valence-electron chi connectivity index (χ3n) is 3.56. The molecule has 148 valence electrons. The number of esters is 1. The second-order valence-corrected chi connectivity index (χ2v) is 9.06. The van der Waals surface area contributed by atoms with E-state index in [1.54, 1.807) is 6.07 Å². The predicted molar refractivity (Wildman–Crippen MR) is 98.5 cm³/mol. The zero-order valence-electron chi connectivity index (χ0n) is 14.3. The van der Waals surface area contributed by atoms with Crippen LogP contribution >= 0.6 is 11.8 Å². The lowest BCUT2D eigenvalue weighted by molar-refractivity contribution is -0.146. The van der Waals surface area contributed by atoms with Gasteiger partial charge in [-0.25, -0.2) is 12.8 Å². The fourth-order valence-electron chi connectivity index (χ4n) is 2.34. The first-order valence-electron chi connectivity index (χ1n) is 8.03. The molecule has 0 saturated carbocycles. The highest BCUT2D eigenvalue weighted by Crippen LogP contribution is 2.13. The number of rotatable bonds is 8. The van der Waals surface area contributed by atoms with Crippen molar-refractivity contribution >= 4 is 45.1 Å². The topological polar surface area (TPSA) is 119 Å². The van der Waals surface area contributed by atoms with Crippen molar-refractivity contribution < 1.29 is 31.9 Å². The van der Waals surface area contributed by atoms with E-state index in [0.29, 0.717) is 6.42 Å². The Morgan fingerprint density at radius 1 is 1.19 bits per heavy atom. The molecule has 2 amide bonds. The van der Waals surface area contributed by atoms with Crippen molar-refractivity contribution in [2.75, 3.05) is 34.9 Å². The Labute approximate surface area is 160 Å². The summed E-state index contributed by atoms with van der Waals surface area (Å²) in [7, 11) is -3.11. The monoisotopic (exact) mass is 418 g/mol. The number of ether oxygens (including phenoxy) is 1. The van der Waals surface area contributed by atoms with E-state index in [4.69, 9.17) is 4.74 Å². The van der Waals surface area contributed by atoms with Crippen molar-refractivity contribution in [3.63, 3.8) is 0 Å². The summed E-state index contributed by atoms with van der Waals surface area (Å²) >= 11 is 0.959. The van der Waals surface area contributed by atoms with Crippen LogP contribution in [0.3, 0.4) is 0 Å². The molecule has 11 heteroatoms. The number of nitrogens with one attached hydrogen (secondary N) is 2. The van der Waals surface area contributed by atoms with E-state index in [2.05, 4.69) is 10.6 Å². The number of hydrogen-bond donors (Lipinski definition) is 2. The van der Waals surface area contributed by atoms with Crippen molar-refractivity contribution in [3.05, 3.63) is 30.1 Å². The molecule has 1 heterocycles. The van der Waals surface area contributed by atoms with Crippen molar-refractivity contribution in [1.29, 1.82) is 0 Å². The van der Waals surface area contributed by atoms with Crippen molar-refractivity contribution in [3.8, 4) is 0 Å². The fraction of sp³-hybridized carbons (Fsp3) is 0.438. The van der Waals surface area contributed by atoms with E-state index in [9.17, 15) is 27.2 Å². The molecule has 0 aliphatic carbocycles. The van der Waals surface area contributed by atoms with Crippen molar-refractivity contribution in [2.45, 2.75) is 12.5 Å². The SMILES string of the molecule is O=C(CSCC(=O)OCC(=O)N[C@@H]1CCS(=O)(=O)C1)Nc1ccccc1F. The first kappa shape index (κ1) is 21.2. The Kier molecular flexibility index (Phi) is 7.60. The van der Waals surface area contributed by atoms with Crippen LogP contribution in [0.5, 0.6) is 0 Å². The molecule has 1 fully saturated rings. The second-order valence-electron chi connectivity index (χ2n) is 5.85. The molecule has 0 aromatic heterocycles. The molecule has 1 aromatic rings. The van der Waals surface area contributed by atoms with Gasteiger partial charge in [0.1, 0.15) is 5.82 Å². The van der Waals surface area contributed by atoms with E-state index in [1.165, 1.54) is 18.2 Å². The zero-order valence-corrected chi connectivity index (χ0v) is 15.9. The van der Waals surface area contributed by atoms with E-state index >= 15 is 0 Å². The van der Waals surface area contributed by atoms with Crippen LogP contribution in [-0.2, 0) is 29.0 Å². The van der Waals surface area contributed by atoms with Crippen LogP contribution in [-0.4, -0.2) is 61.9 Å². The first-order chi connectivity index (χ1) is 12.7. The van der Waals surface area contributed by atoms with Crippen LogP contribution in [0.15, 0.2) is 24.3 Å². The molecule has 2 N–H and O–H groups in total. The Balaban J connectivity index is 1.60. The van der Waals surface area contributed by atoms with Gasteiger partial charge in [0.05, 0.1) is 28.7 Å². The zero-order chi connectivity index (χ0) is 19.9. The maximum absolute atomic E-state index is 13.4. The quantitative estimate of drug-likeness (QED) is 0.585. The van der Waals surface area contributed by atoms with Gasteiger partial charge in [0.15, 0.2) is 16.4 Å². The number of carbonyl (C=O) groups excluding carboxylic acids is 3. The highest BCUT2D eigenvalue weighted by molar-refractivity contribution is 8.00. The number of para-hydroxylation sites is 1. The van der Waals surface area contributed by atoms with Gasteiger partial charge in [0.2, 0.25) is 5.91 Å². The van der Waals surface area contributed by atoms with Gasteiger partial charge in [-0.2, -0.15) is 0 Å². The lowest BCUT2D eigenvalue weighted by atomic mass is 10.2. The molecule has 2 rings (SSSR count). The highest BCUT2D eigenvalue weighted by atomic mass is 32.2. The van der Waals surface area contributed by atoms with E-state index in [0.717, 1.165) is 11.8 Å². The normalized spacial score (nSPS) is 17.9. The summed E-state index contributed by atoms with van der Waals surface area (Å²) in [5.41, 5.74) is 0.0521. The Morgan fingerprint density at radius 3 is 2.59 bits per heavy atom. The summed E-state index contributed by atoms with van der Waals surface area (Å²) in [6.45, 7) is -0.517. The van der Waals surface area contributed by atoms with Crippen molar-refractivity contribution in [1.82, 2.24) is 5.32 Å². The summed E-state index contributed by atoms with van der Waals surface area (Å²) in [5, 5.41) is 4.88. The van der Waals surface area contributed by atoms with Crippen LogP contribution in [0.4, 0.5) is 10.1 Å². The van der Waals surface area contributed by atoms with Gasteiger partial charge < -0.3 is 15.4 Å². The summed E-state index contributed by atoms with van der Waals surface area (Å²) in [5.74, 6) is -2.62. The lowest BCUT2D eigenvalue weighted by Gasteiger charge is -2.11. The third kappa shape index (κ3) is 7.55. The number of thioether (sulfide) groups is 1. The molecule has 1 saturated heterocycles. The molecule has 1 aliphatic heterocycles. The van der Waals surface area contributed by atoms with Gasteiger partial charge in [-0.05, 0) is 18.6 Å². The minimum absolute atomic E-state index is 0.0311. The van der Waals surface area contributed by atoms with E-state index in [-0.39, 0.29) is 28.7 Å². The predicted octanol–water partition coefficient (Wildman–Crippen LogP) is 0.344. The van der Waals surface area contributed by atoms with Crippen LogP contribution in [0.25, 0.3) is 0 Å². The maximum atomic E-state index is 13.4. The summed E-state index contributed by atoms with van der Waals surface area (Å²) in [4.78, 5) is 34.9. The highest BCUT2D eigenvalue weighted by Gasteiger charge is 2.29. The number of sulfone groups is 1. The lowest BCUT2D eigenvalue weighted by Crippen LogP contribution is -2.38. The van der Waals surface area contributed by atoms with Crippen molar-refractivity contribution in [2.24, 2.45) is 0 Å². The van der Waals surface area contributed by atoms with E-state index in [1.807, 2.05) is 0 Å². The van der Waals surface area contributed by atoms with Gasteiger partial charge in [0, 0.05) is 6.04 Å². The second kappa shape index (κ2) is 9.70. The van der Waals surface area contributed by atoms with Gasteiger partial charge in [0.25, 0.3) is 5.91 Å². The molecular formula is C16H19FN2O6S2. The molecule has 27 heavy (non-hydrogen) atoms. The molecule has 0 bridgehead atoms. The fourth-order valence-corrected chi connectivity index (χ4v) is 4.62. The number of anilines is 1. The average Bonchev–Trinajstić information content (AvgIpc) is 2.93.